The lowest BCUT2D eigenvalue weighted by molar-refractivity contribution is -0.142. The van der Waals surface area contributed by atoms with Crippen LogP contribution in [0, 0.1) is 5.82 Å². The molecule has 1 atom stereocenters. The predicted octanol–water partition coefficient (Wildman–Crippen LogP) is 6.07. The molecule has 0 saturated heterocycles. The quantitative estimate of drug-likeness (QED) is 0.289. The molecule has 36 heavy (non-hydrogen) atoms. The molecule has 0 heterocycles. The normalized spacial score (nSPS) is 11.6. The SMILES string of the molecule is CCCCNC(=O)[C@@H](Cc1ccccc1)N(Cc1ccc(Cl)cc1Cl)C(=O)COc1ccc(F)cc1. The largest absolute Gasteiger partial charge is 0.484 e. The zero-order valence-corrected chi connectivity index (χ0v) is 21.6. The fourth-order valence-corrected chi connectivity index (χ4v) is 4.12. The zero-order valence-electron chi connectivity index (χ0n) is 20.1. The third-order valence-electron chi connectivity index (χ3n) is 5.63. The van der Waals surface area contributed by atoms with E-state index < -0.39 is 17.8 Å². The van der Waals surface area contributed by atoms with Crippen LogP contribution in [0.3, 0.4) is 0 Å². The van der Waals surface area contributed by atoms with Gasteiger partial charge in [-0.2, -0.15) is 0 Å². The molecule has 0 unspecified atom stereocenters. The van der Waals surface area contributed by atoms with Crippen molar-refractivity contribution in [3.05, 3.63) is 99.8 Å². The molecule has 8 heteroatoms. The Morgan fingerprint density at radius 2 is 1.75 bits per heavy atom. The second-order valence-electron chi connectivity index (χ2n) is 8.35. The number of nitrogens with one attached hydrogen (secondary N) is 1. The number of amides is 2. The van der Waals surface area contributed by atoms with Gasteiger partial charge in [-0.15, -0.1) is 0 Å². The number of rotatable bonds is 12. The van der Waals surface area contributed by atoms with E-state index in [1.165, 1.54) is 29.2 Å². The number of carbonyl (C=O) groups is 2. The van der Waals surface area contributed by atoms with Gasteiger partial charge < -0.3 is 15.0 Å². The van der Waals surface area contributed by atoms with E-state index in [0.29, 0.717) is 34.3 Å². The maximum Gasteiger partial charge on any atom is 0.261 e. The van der Waals surface area contributed by atoms with Crippen LogP contribution in [0.15, 0.2) is 72.8 Å². The van der Waals surface area contributed by atoms with E-state index in [4.69, 9.17) is 27.9 Å². The summed E-state index contributed by atoms with van der Waals surface area (Å²) in [5.74, 6) is -0.718. The first kappa shape index (κ1) is 27.5. The van der Waals surface area contributed by atoms with Crippen LogP contribution in [0.4, 0.5) is 4.39 Å². The average Bonchev–Trinajstić information content (AvgIpc) is 2.87. The zero-order chi connectivity index (χ0) is 25.9. The van der Waals surface area contributed by atoms with Crippen molar-refractivity contribution in [1.82, 2.24) is 10.2 Å². The summed E-state index contributed by atoms with van der Waals surface area (Å²) in [5.41, 5.74) is 1.56. The summed E-state index contributed by atoms with van der Waals surface area (Å²) in [4.78, 5) is 28.4. The number of nitrogens with zero attached hydrogens (tertiary/aromatic N) is 1. The third kappa shape index (κ3) is 8.25. The highest BCUT2D eigenvalue weighted by atomic mass is 35.5. The van der Waals surface area contributed by atoms with Crippen LogP contribution in [0.2, 0.25) is 10.0 Å². The van der Waals surface area contributed by atoms with Crippen molar-refractivity contribution in [2.75, 3.05) is 13.2 Å². The summed E-state index contributed by atoms with van der Waals surface area (Å²) in [6.07, 6.45) is 2.07. The van der Waals surface area contributed by atoms with Crippen molar-refractivity contribution in [3.63, 3.8) is 0 Å². The Labute approximate surface area is 221 Å². The van der Waals surface area contributed by atoms with Crippen molar-refractivity contribution in [2.45, 2.75) is 38.8 Å². The first-order chi connectivity index (χ1) is 17.4. The van der Waals surface area contributed by atoms with E-state index >= 15 is 0 Å². The minimum absolute atomic E-state index is 0.0836. The molecule has 0 fully saturated rings. The minimum atomic E-state index is -0.805. The maximum absolute atomic E-state index is 13.5. The van der Waals surface area contributed by atoms with Crippen LogP contribution in [0.5, 0.6) is 5.75 Å². The Hall–Kier alpha value is -3.09. The number of hydrogen-bond donors (Lipinski definition) is 1. The van der Waals surface area contributed by atoms with Gasteiger partial charge in [-0.05, 0) is 53.9 Å². The van der Waals surface area contributed by atoms with E-state index in [2.05, 4.69) is 5.32 Å². The summed E-state index contributed by atoms with van der Waals surface area (Å²) >= 11 is 12.5. The van der Waals surface area contributed by atoms with Gasteiger partial charge in [-0.3, -0.25) is 9.59 Å². The van der Waals surface area contributed by atoms with Crippen LogP contribution in [0.1, 0.15) is 30.9 Å². The lowest BCUT2D eigenvalue weighted by Gasteiger charge is -2.31. The van der Waals surface area contributed by atoms with Gasteiger partial charge in [0.05, 0.1) is 0 Å². The topological polar surface area (TPSA) is 58.6 Å². The monoisotopic (exact) mass is 530 g/mol. The van der Waals surface area contributed by atoms with Crippen molar-refractivity contribution < 1.29 is 18.7 Å². The van der Waals surface area contributed by atoms with Gasteiger partial charge in [0.2, 0.25) is 5.91 Å². The van der Waals surface area contributed by atoms with Crippen molar-refractivity contribution in [1.29, 1.82) is 0 Å². The highest BCUT2D eigenvalue weighted by molar-refractivity contribution is 6.35. The minimum Gasteiger partial charge on any atom is -0.484 e. The van der Waals surface area contributed by atoms with Crippen LogP contribution in [-0.4, -0.2) is 35.9 Å². The summed E-state index contributed by atoms with van der Waals surface area (Å²) < 4.78 is 18.9. The van der Waals surface area contributed by atoms with Gasteiger partial charge in [-0.25, -0.2) is 4.39 Å². The van der Waals surface area contributed by atoms with E-state index in [1.54, 1.807) is 18.2 Å². The van der Waals surface area contributed by atoms with Gasteiger partial charge in [0.15, 0.2) is 6.61 Å². The fourth-order valence-electron chi connectivity index (χ4n) is 3.65. The highest BCUT2D eigenvalue weighted by Crippen LogP contribution is 2.24. The number of benzene rings is 3. The van der Waals surface area contributed by atoms with Crippen LogP contribution in [-0.2, 0) is 22.6 Å². The first-order valence-electron chi connectivity index (χ1n) is 11.8. The second-order valence-corrected chi connectivity index (χ2v) is 9.19. The van der Waals surface area contributed by atoms with Gasteiger partial charge in [0, 0.05) is 29.6 Å². The molecule has 0 aliphatic heterocycles. The second kappa shape index (κ2) is 13.9. The van der Waals surface area contributed by atoms with Crippen LogP contribution >= 0.6 is 23.2 Å². The predicted molar refractivity (Wildman–Crippen MR) is 141 cm³/mol. The molecular formula is C28H29Cl2FN2O3. The molecule has 0 radical (unpaired) electrons. The molecule has 5 nitrogen and oxygen atoms in total. The number of hydrogen-bond acceptors (Lipinski definition) is 3. The summed E-state index contributed by atoms with van der Waals surface area (Å²) in [6.45, 7) is 2.31. The number of carbonyl (C=O) groups excluding carboxylic acids is 2. The van der Waals surface area contributed by atoms with Crippen LogP contribution in [0.25, 0.3) is 0 Å². The highest BCUT2D eigenvalue weighted by Gasteiger charge is 2.31. The molecule has 0 aliphatic rings. The fraction of sp³-hybridized carbons (Fsp3) is 0.286. The molecule has 190 valence electrons. The molecular weight excluding hydrogens is 502 g/mol. The summed E-state index contributed by atoms with van der Waals surface area (Å²) in [5, 5.41) is 3.82. The Bertz CT molecular complexity index is 1140. The lowest BCUT2D eigenvalue weighted by atomic mass is 10.0. The van der Waals surface area contributed by atoms with E-state index in [0.717, 1.165) is 18.4 Å². The third-order valence-corrected chi connectivity index (χ3v) is 6.22. The maximum atomic E-state index is 13.5. The van der Waals surface area contributed by atoms with Crippen molar-refractivity contribution in [2.24, 2.45) is 0 Å². The van der Waals surface area contributed by atoms with Crippen molar-refractivity contribution in [3.8, 4) is 5.75 Å². The Morgan fingerprint density at radius 3 is 2.42 bits per heavy atom. The molecule has 2 amide bonds. The molecule has 0 bridgehead atoms. The summed E-state index contributed by atoms with van der Waals surface area (Å²) in [6, 6.07) is 19.1. The van der Waals surface area contributed by atoms with Gasteiger partial charge in [0.25, 0.3) is 5.91 Å². The molecule has 0 aromatic heterocycles. The number of halogens is 3. The number of ether oxygens (including phenoxy) is 1. The molecule has 3 rings (SSSR count). The van der Waals surface area contributed by atoms with E-state index in [-0.39, 0.29) is 19.1 Å². The molecule has 0 aliphatic carbocycles. The Morgan fingerprint density at radius 1 is 1.03 bits per heavy atom. The molecule has 3 aromatic carbocycles. The molecule has 0 spiro atoms. The van der Waals surface area contributed by atoms with Gasteiger partial charge >= 0.3 is 0 Å². The average molecular weight is 531 g/mol. The van der Waals surface area contributed by atoms with Gasteiger partial charge in [0.1, 0.15) is 17.6 Å². The van der Waals surface area contributed by atoms with E-state index in [9.17, 15) is 14.0 Å². The summed E-state index contributed by atoms with van der Waals surface area (Å²) in [7, 11) is 0. The van der Waals surface area contributed by atoms with Gasteiger partial charge in [-0.1, -0.05) is 72.9 Å². The molecule has 1 N–H and O–H groups in total. The standard InChI is InChI=1S/C28H29Cl2FN2O3/c1-2-3-15-32-28(35)26(16-20-7-5-4-6-8-20)33(18-21-9-10-22(29)17-25(21)30)27(34)19-36-24-13-11-23(31)12-14-24/h4-14,17,26H,2-3,15-16,18-19H2,1H3,(H,32,35)/t26-/m1/s1. The van der Waals surface area contributed by atoms with E-state index in [1.807, 2.05) is 37.3 Å². The van der Waals surface area contributed by atoms with Crippen LogP contribution < -0.4 is 10.1 Å². The molecule has 0 saturated carbocycles. The first-order valence-corrected chi connectivity index (χ1v) is 12.6. The lowest BCUT2D eigenvalue weighted by Crippen LogP contribution is -2.51. The Balaban J connectivity index is 1.90. The molecule has 3 aromatic rings. The van der Waals surface area contributed by atoms with Crippen molar-refractivity contribution >= 4 is 35.0 Å². The smallest absolute Gasteiger partial charge is 0.261 e. The Kier molecular flexibility index (Phi) is 10.6. The number of unbranched alkanes of at least 4 members (excludes halogenated alkanes) is 1.